The average Bonchev–Trinajstić information content (AvgIpc) is 2.40. The zero-order valence-corrected chi connectivity index (χ0v) is 9.92. The van der Waals surface area contributed by atoms with Crippen molar-refractivity contribution in [1.82, 2.24) is 9.97 Å². The molecule has 4 heteroatoms. The van der Waals surface area contributed by atoms with E-state index in [9.17, 15) is 0 Å². The molecule has 0 saturated carbocycles. The van der Waals surface area contributed by atoms with Gasteiger partial charge < -0.3 is 10.1 Å². The molecule has 0 spiro atoms. The van der Waals surface area contributed by atoms with E-state index < -0.39 is 0 Å². The molecular formula is C13H15N3O. The molecule has 0 bridgehead atoms. The molecule has 2 aromatic rings. The highest BCUT2D eigenvalue weighted by Crippen LogP contribution is 2.20. The molecule has 4 nitrogen and oxygen atoms in total. The second-order valence-corrected chi connectivity index (χ2v) is 3.74. The molecule has 2 rings (SSSR count). The molecule has 17 heavy (non-hydrogen) atoms. The Morgan fingerprint density at radius 1 is 1.29 bits per heavy atom. The van der Waals surface area contributed by atoms with Crippen LogP contribution in [0.25, 0.3) is 0 Å². The predicted octanol–water partition coefficient (Wildman–Crippen LogP) is 2.66. The lowest BCUT2D eigenvalue weighted by atomic mass is 10.1. The van der Waals surface area contributed by atoms with E-state index >= 15 is 0 Å². The largest absolute Gasteiger partial charge is 0.481 e. The summed E-state index contributed by atoms with van der Waals surface area (Å²) in [5.41, 5.74) is 2.12. The summed E-state index contributed by atoms with van der Waals surface area (Å²) in [4.78, 5) is 8.17. The van der Waals surface area contributed by atoms with E-state index in [1.54, 1.807) is 19.5 Å². The molecule has 0 aliphatic heterocycles. The van der Waals surface area contributed by atoms with Gasteiger partial charge in [0.25, 0.3) is 0 Å². The quantitative estimate of drug-likeness (QED) is 0.875. The van der Waals surface area contributed by atoms with Crippen molar-refractivity contribution in [3.8, 4) is 5.88 Å². The van der Waals surface area contributed by atoms with Crippen LogP contribution >= 0.6 is 0 Å². The van der Waals surface area contributed by atoms with Crippen LogP contribution in [0.4, 0.5) is 5.69 Å². The van der Waals surface area contributed by atoms with Gasteiger partial charge in [-0.1, -0.05) is 6.07 Å². The smallest absolute Gasteiger partial charge is 0.214 e. The molecule has 0 saturated heterocycles. The van der Waals surface area contributed by atoms with Gasteiger partial charge in [0.2, 0.25) is 5.88 Å². The molecule has 0 amide bonds. The van der Waals surface area contributed by atoms with Crippen LogP contribution in [-0.2, 0) is 0 Å². The Balaban J connectivity index is 2.10. The molecule has 0 aliphatic carbocycles. The maximum atomic E-state index is 5.08. The molecule has 1 unspecified atom stereocenters. The van der Waals surface area contributed by atoms with Gasteiger partial charge in [-0.15, -0.1) is 0 Å². The molecule has 2 heterocycles. The highest BCUT2D eigenvalue weighted by Gasteiger charge is 2.05. The molecule has 0 aliphatic rings. The highest BCUT2D eigenvalue weighted by molar-refractivity contribution is 5.46. The lowest BCUT2D eigenvalue weighted by molar-refractivity contribution is 0.398. The number of aromatic nitrogens is 2. The van der Waals surface area contributed by atoms with Gasteiger partial charge >= 0.3 is 0 Å². The van der Waals surface area contributed by atoms with E-state index in [0.717, 1.165) is 11.3 Å². The summed E-state index contributed by atoms with van der Waals surface area (Å²) in [6, 6.07) is 7.95. The summed E-state index contributed by atoms with van der Waals surface area (Å²) in [6.45, 7) is 2.09. The fourth-order valence-corrected chi connectivity index (χ4v) is 1.58. The Hall–Kier alpha value is -2.10. The van der Waals surface area contributed by atoms with E-state index in [4.69, 9.17) is 4.74 Å². The summed E-state index contributed by atoms with van der Waals surface area (Å²) >= 11 is 0. The maximum Gasteiger partial charge on any atom is 0.214 e. The first-order valence-electron chi connectivity index (χ1n) is 5.46. The number of nitrogens with zero attached hydrogens (tertiary/aromatic N) is 2. The minimum atomic E-state index is 0.191. The van der Waals surface area contributed by atoms with Crippen LogP contribution in [0.15, 0.2) is 42.9 Å². The van der Waals surface area contributed by atoms with Gasteiger partial charge in [0, 0.05) is 30.3 Å². The van der Waals surface area contributed by atoms with E-state index in [0.29, 0.717) is 5.88 Å². The highest BCUT2D eigenvalue weighted by atomic mass is 16.5. The van der Waals surface area contributed by atoms with Gasteiger partial charge in [-0.25, -0.2) is 4.98 Å². The summed E-state index contributed by atoms with van der Waals surface area (Å²) in [7, 11) is 1.61. The first-order chi connectivity index (χ1) is 8.29. The van der Waals surface area contributed by atoms with Crippen LogP contribution in [0.1, 0.15) is 18.5 Å². The van der Waals surface area contributed by atoms with Gasteiger partial charge in [-0.2, -0.15) is 0 Å². The van der Waals surface area contributed by atoms with Gasteiger partial charge in [0.1, 0.15) is 0 Å². The molecule has 1 N–H and O–H groups in total. The van der Waals surface area contributed by atoms with Crippen LogP contribution in [0, 0.1) is 0 Å². The number of nitrogens with one attached hydrogen (secondary N) is 1. The van der Waals surface area contributed by atoms with Gasteiger partial charge in [0.05, 0.1) is 13.2 Å². The van der Waals surface area contributed by atoms with E-state index in [1.165, 1.54) is 0 Å². The van der Waals surface area contributed by atoms with Crippen molar-refractivity contribution in [2.24, 2.45) is 0 Å². The van der Waals surface area contributed by atoms with Crippen molar-refractivity contribution in [3.63, 3.8) is 0 Å². The fraction of sp³-hybridized carbons (Fsp3) is 0.231. The van der Waals surface area contributed by atoms with Crippen LogP contribution in [0.2, 0.25) is 0 Å². The Bertz CT molecular complexity index is 473. The number of anilines is 1. The van der Waals surface area contributed by atoms with E-state index in [1.807, 2.05) is 30.5 Å². The Morgan fingerprint density at radius 3 is 2.88 bits per heavy atom. The van der Waals surface area contributed by atoms with E-state index in [2.05, 4.69) is 22.2 Å². The molecular weight excluding hydrogens is 214 g/mol. The van der Waals surface area contributed by atoms with Crippen LogP contribution < -0.4 is 10.1 Å². The Labute approximate surface area is 101 Å². The van der Waals surface area contributed by atoms with Gasteiger partial charge in [-0.05, 0) is 24.6 Å². The zero-order valence-electron chi connectivity index (χ0n) is 9.92. The molecule has 0 radical (unpaired) electrons. The number of hydrogen-bond donors (Lipinski definition) is 1. The van der Waals surface area contributed by atoms with Gasteiger partial charge in [-0.3, -0.25) is 4.98 Å². The normalized spacial score (nSPS) is 11.9. The van der Waals surface area contributed by atoms with Crippen molar-refractivity contribution in [1.29, 1.82) is 0 Å². The monoisotopic (exact) mass is 229 g/mol. The average molecular weight is 229 g/mol. The third-order valence-corrected chi connectivity index (χ3v) is 2.51. The number of hydrogen-bond acceptors (Lipinski definition) is 4. The van der Waals surface area contributed by atoms with Crippen molar-refractivity contribution in [2.75, 3.05) is 12.4 Å². The number of rotatable bonds is 4. The summed E-state index contributed by atoms with van der Waals surface area (Å²) in [6.07, 6.45) is 5.35. The maximum absolute atomic E-state index is 5.08. The van der Waals surface area contributed by atoms with Gasteiger partial charge in [0.15, 0.2) is 0 Å². The van der Waals surface area contributed by atoms with Crippen LogP contribution in [-0.4, -0.2) is 17.1 Å². The minimum absolute atomic E-state index is 0.191. The van der Waals surface area contributed by atoms with Crippen molar-refractivity contribution >= 4 is 5.69 Å². The van der Waals surface area contributed by atoms with Crippen molar-refractivity contribution in [3.05, 3.63) is 48.4 Å². The number of ether oxygens (including phenoxy) is 1. The van der Waals surface area contributed by atoms with Crippen molar-refractivity contribution in [2.45, 2.75) is 13.0 Å². The zero-order chi connectivity index (χ0) is 12.1. The second kappa shape index (κ2) is 5.30. The van der Waals surface area contributed by atoms with Crippen LogP contribution in [0.3, 0.4) is 0 Å². The standard InChI is InChI=1S/C13H15N3O/c1-10(11-4-3-6-14-9-11)16-12-5-7-15-13(8-12)17-2/h3-10H,1-2H3,(H,15,16). The second-order valence-electron chi connectivity index (χ2n) is 3.74. The molecule has 0 fully saturated rings. The molecule has 2 aromatic heterocycles. The van der Waals surface area contributed by atoms with E-state index in [-0.39, 0.29) is 6.04 Å². The topological polar surface area (TPSA) is 47.0 Å². The molecule has 0 aromatic carbocycles. The number of methoxy groups -OCH3 is 1. The summed E-state index contributed by atoms with van der Waals surface area (Å²) in [5, 5.41) is 3.37. The molecule has 1 atom stereocenters. The Morgan fingerprint density at radius 2 is 2.18 bits per heavy atom. The fourth-order valence-electron chi connectivity index (χ4n) is 1.58. The predicted molar refractivity (Wildman–Crippen MR) is 67.1 cm³/mol. The summed E-state index contributed by atoms with van der Waals surface area (Å²) in [5.74, 6) is 0.605. The van der Waals surface area contributed by atoms with Crippen LogP contribution in [0.5, 0.6) is 5.88 Å². The summed E-state index contributed by atoms with van der Waals surface area (Å²) < 4.78 is 5.08. The first-order valence-corrected chi connectivity index (χ1v) is 5.46. The minimum Gasteiger partial charge on any atom is -0.481 e. The first kappa shape index (κ1) is 11.4. The third-order valence-electron chi connectivity index (χ3n) is 2.51. The lowest BCUT2D eigenvalue weighted by Gasteiger charge is -2.15. The SMILES string of the molecule is COc1cc(NC(C)c2cccnc2)ccn1. The lowest BCUT2D eigenvalue weighted by Crippen LogP contribution is -2.07. The molecule has 88 valence electrons. The van der Waals surface area contributed by atoms with Crippen molar-refractivity contribution < 1.29 is 4.74 Å². The Kier molecular flexibility index (Phi) is 3.55. The third kappa shape index (κ3) is 2.93. The number of pyridine rings is 2.